The maximum Gasteiger partial charge on any atom is 0.307 e. The molecule has 1 N–H and O–H groups in total. The number of nitrogens with zero attached hydrogens (tertiary/aromatic N) is 3. The number of halogens is 1. The van der Waals surface area contributed by atoms with Crippen molar-refractivity contribution in [2.75, 3.05) is 39.2 Å². The first-order chi connectivity index (χ1) is 13.8. The Morgan fingerprint density at radius 1 is 1.38 bits per heavy atom. The molecule has 7 nitrogen and oxygen atoms in total. The number of thiazole rings is 1. The molecule has 0 saturated heterocycles. The van der Waals surface area contributed by atoms with Crippen LogP contribution in [0.15, 0.2) is 31.0 Å². The first-order valence-corrected chi connectivity index (χ1v) is 9.79. The largest absolute Gasteiger partial charge is 0.469 e. The maximum absolute atomic E-state index is 14.4. The fourth-order valence-electron chi connectivity index (χ4n) is 2.43. The standard InChI is InChI=1S/C20H25FN4O3S/c1-6-25(10-9-18(26)27-5)20-23-12-17(29-20)13(2)28-16-8-7-14(11-15(16)21)19(22)24(3)4/h7-8,11-12,22H,2,6,9-10H2,1,3-5H3. The number of methoxy groups -OCH3 is 1. The highest BCUT2D eigenvalue weighted by Gasteiger charge is 2.16. The minimum Gasteiger partial charge on any atom is -0.469 e. The van der Waals surface area contributed by atoms with E-state index in [4.69, 9.17) is 10.1 Å². The Balaban J connectivity index is 2.08. The number of anilines is 1. The lowest BCUT2D eigenvalue weighted by Crippen LogP contribution is -2.25. The zero-order valence-corrected chi connectivity index (χ0v) is 17.8. The van der Waals surface area contributed by atoms with Gasteiger partial charge >= 0.3 is 5.97 Å². The van der Waals surface area contributed by atoms with Gasteiger partial charge in [0.15, 0.2) is 16.7 Å². The summed E-state index contributed by atoms with van der Waals surface area (Å²) in [6.45, 7) is 6.99. The summed E-state index contributed by atoms with van der Waals surface area (Å²) in [5.41, 5.74) is 0.453. The van der Waals surface area contributed by atoms with Crippen LogP contribution in [0.5, 0.6) is 5.75 Å². The van der Waals surface area contributed by atoms with Gasteiger partial charge in [0.1, 0.15) is 11.6 Å². The van der Waals surface area contributed by atoms with Gasteiger partial charge < -0.3 is 19.3 Å². The van der Waals surface area contributed by atoms with Crippen LogP contribution >= 0.6 is 11.3 Å². The molecule has 29 heavy (non-hydrogen) atoms. The summed E-state index contributed by atoms with van der Waals surface area (Å²) < 4.78 is 24.7. The fraction of sp³-hybridized carbons (Fsp3) is 0.350. The van der Waals surface area contributed by atoms with Crippen LogP contribution in [0.4, 0.5) is 9.52 Å². The molecule has 2 aromatic rings. The van der Waals surface area contributed by atoms with Crippen molar-refractivity contribution in [3.8, 4) is 5.75 Å². The Morgan fingerprint density at radius 2 is 2.10 bits per heavy atom. The van der Waals surface area contributed by atoms with E-state index >= 15 is 0 Å². The van der Waals surface area contributed by atoms with Gasteiger partial charge in [-0.15, -0.1) is 0 Å². The van der Waals surface area contributed by atoms with Crippen LogP contribution in [-0.2, 0) is 9.53 Å². The Morgan fingerprint density at radius 3 is 2.69 bits per heavy atom. The monoisotopic (exact) mass is 420 g/mol. The molecule has 1 heterocycles. The first kappa shape index (κ1) is 22.4. The van der Waals surface area contributed by atoms with E-state index in [1.54, 1.807) is 31.3 Å². The van der Waals surface area contributed by atoms with Crippen molar-refractivity contribution in [2.24, 2.45) is 0 Å². The lowest BCUT2D eigenvalue weighted by atomic mass is 10.2. The minimum atomic E-state index is -0.576. The lowest BCUT2D eigenvalue weighted by molar-refractivity contribution is -0.140. The number of aromatic nitrogens is 1. The molecular weight excluding hydrogens is 395 g/mol. The third kappa shape index (κ3) is 5.77. The van der Waals surface area contributed by atoms with E-state index in [2.05, 4.69) is 16.3 Å². The number of hydrogen-bond donors (Lipinski definition) is 1. The molecule has 0 fully saturated rings. The third-order valence-corrected chi connectivity index (χ3v) is 5.22. The SMILES string of the molecule is C=C(Oc1ccc(C(=N)N(C)C)cc1F)c1cnc(N(CC)CCC(=O)OC)s1. The molecule has 0 radical (unpaired) electrons. The van der Waals surface area contributed by atoms with Crippen molar-refractivity contribution >= 4 is 34.0 Å². The molecule has 1 aromatic heterocycles. The topological polar surface area (TPSA) is 78.8 Å². The Hall–Kier alpha value is -2.94. The molecule has 0 aliphatic heterocycles. The molecule has 2 rings (SSSR count). The van der Waals surface area contributed by atoms with Crippen molar-refractivity contribution in [1.82, 2.24) is 9.88 Å². The molecule has 9 heteroatoms. The maximum atomic E-state index is 14.4. The lowest BCUT2D eigenvalue weighted by Gasteiger charge is -2.18. The molecule has 0 atom stereocenters. The van der Waals surface area contributed by atoms with E-state index in [0.29, 0.717) is 28.7 Å². The number of benzene rings is 1. The molecule has 156 valence electrons. The van der Waals surface area contributed by atoms with Crippen LogP contribution in [0, 0.1) is 11.2 Å². The summed E-state index contributed by atoms with van der Waals surface area (Å²) in [4.78, 5) is 19.9. The van der Waals surface area contributed by atoms with Crippen LogP contribution in [-0.4, -0.2) is 56.0 Å². The first-order valence-electron chi connectivity index (χ1n) is 8.97. The fourth-order valence-corrected chi connectivity index (χ4v) is 3.34. The van der Waals surface area contributed by atoms with Crippen LogP contribution < -0.4 is 9.64 Å². The third-order valence-electron chi connectivity index (χ3n) is 4.12. The van der Waals surface area contributed by atoms with Gasteiger partial charge in [-0.05, 0) is 25.1 Å². The highest BCUT2D eigenvalue weighted by atomic mass is 32.1. The summed E-state index contributed by atoms with van der Waals surface area (Å²) in [7, 11) is 4.80. The Kier molecular flexibility index (Phi) is 7.72. The number of rotatable bonds is 9. The average Bonchev–Trinajstić information content (AvgIpc) is 3.19. The highest BCUT2D eigenvalue weighted by Crippen LogP contribution is 2.30. The van der Waals surface area contributed by atoms with Gasteiger partial charge in [0.05, 0.1) is 24.6 Å². The molecular formula is C20H25FN4O3S. The van der Waals surface area contributed by atoms with E-state index in [1.807, 2.05) is 11.8 Å². The van der Waals surface area contributed by atoms with Gasteiger partial charge in [0, 0.05) is 32.7 Å². The quantitative estimate of drug-likeness (QED) is 0.289. The van der Waals surface area contributed by atoms with Crippen molar-refractivity contribution < 1.29 is 18.7 Å². The number of ether oxygens (including phenoxy) is 2. The number of amidine groups is 1. The predicted octanol–water partition coefficient (Wildman–Crippen LogP) is 3.61. The Labute approximate surface area is 173 Å². The molecule has 1 aromatic carbocycles. The van der Waals surface area contributed by atoms with Crippen molar-refractivity contribution in [3.05, 3.63) is 47.2 Å². The molecule has 0 spiro atoms. The van der Waals surface area contributed by atoms with Crippen molar-refractivity contribution in [1.29, 1.82) is 5.41 Å². The van der Waals surface area contributed by atoms with Gasteiger partial charge in [-0.3, -0.25) is 10.2 Å². The second-order valence-corrected chi connectivity index (χ2v) is 7.34. The van der Waals surface area contributed by atoms with E-state index in [0.717, 1.165) is 0 Å². The van der Waals surface area contributed by atoms with Gasteiger partial charge in [0.25, 0.3) is 0 Å². The summed E-state index contributed by atoms with van der Waals surface area (Å²) >= 11 is 1.34. The van der Waals surface area contributed by atoms with Gasteiger partial charge in [-0.1, -0.05) is 17.9 Å². The number of nitrogens with one attached hydrogen (secondary N) is 1. The number of esters is 1. The summed E-state index contributed by atoms with van der Waals surface area (Å²) in [6, 6.07) is 4.36. The zero-order chi connectivity index (χ0) is 21.6. The van der Waals surface area contributed by atoms with Crippen LogP contribution in [0.25, 0.3) is 5.76 Å². The zero-order valence-electron chi connectivity index (χ0n) is 17.0. The van der Waals surface area contributed by atoms with E-state index in [1.165, 1.54) is 30.6 Å². The number of carbonyl (C=O) groups excluding carboxylic acids is 1. The summed E-state index contributed by atoms with van der Waals surface area (Å²) in [6.07, 6.45) is 1.87. The number of hydrogen-bond acceptors (Lipinski definition) is 7. The van der Waals surface area contributed by atoms with E-state index in [9.17, 15) is 9.18 Å². The molecule has 0 amide bonds. The Bertz CT molecular complexity index is 898. The average molecular weight is 421 g/mol. The summed E-state index contributed by atoms with van der Waals surface area (Å²) in [5.74, 6) is -0.360. The smallest absolute Gasteiger partial charge is 0.307 e. The molecule has 0 saturated carbocycles. The van der Waals surface area contributed by atoms with Gasteiger partial charge in [-0.25, -0.2) is 9.37 Å². The highest BCUT2D eigenvalue weighted by molar-refractivity contribution is 7.16. The summed E-state index contributed by atoms with van der Waals surface area (Å²) in [5, 5.41) is 8.64. The van der Waals surface area contributed by atoms with Crippen LogP contribution in [0.3, 0.4) is 0 Å². The van der Waals surface area contributed by atoms with E-state index < -0.39 is 5.82 Å². The van der Waals surface area contributed by atoms with Crippen molar-refractivity contribution in [3.63, 3.8) is 0 Å². The normalized spacial score (nSPS) is 10.4. The minimum absolute atomic E-state index is 0.0262. The molecule has 0 bridgehead atoms. The number of carbonyl (C=O) groups is 1. The van der Waals surface area contributed by atoms with Crippen molar-refractivity contribution in [2.45, 2.75) is 13.3 Å². The van der Waals surface area contributed by atoms with Crippen LogP contribution in [0.2, 0.25) is 0 Å². The predicted molar refractivity (Wildman–Crippen MR) is 113 cm³/mol. The van der Waals surface area contributed by atoms with Gasteiger partial charge in [0.2, 0.25) is 0 Å². The van der Waals surface area contributed by atoms with E-state index in [-0.39, 0.29) is 29.7 Å². The molecule has 0 aliphatic rings. The van der Waals surface area contributed by atoms with Gasteiger partial charge in [-0.2, -0.15) is 0 Å². The van der Waals surface area contributed by atoms with Crippen LogP contribution in [0.1, 0.15) is 23.8 Å². The molecule has 0 aliphatic carbocycles. The molecule has 0 unspecified atom stereocenters. The second-order valence-electron chi connectivity index (χ2n) is 6.33. The second kappa shape index (κ2) is 10.0.